The van der Waals surface area contributed by atoms with E-state index in [9.17, 15) is 9.90 Å². The molecular weight excluding hydrogens is 372 g/mol. The van der Waals surface area contributed by atoms with E-state index < -0.39 is 11.2 Å². The average molecular weight is 399 g/mol. The third-order valence-corrected chi connectivity index (χ3v) is 5.86. The molecule has 1 N–H and O–H groups in total. The molecule has 0 amide bonds. The fourth-order valence-corrected chi connectivity index (χ4v) is 3.88. The molecule has 28 heavy (non-hydrogen) atoms. The van der Waals surface area contributed by atoms with Gasteiger partial charge in [-0.3, -0.25) is 4.79 Å². The van der Waals surface area contributed by atoms with Gasteiger partial charge < -0.3 is 9.84 Å². The second kappa shape index (κ2) is 7.38. The van der Waals surface area contributed by atoms with Crippen LogP contribution in [0.4, 0.5) is 0 Å². The summed E-state index contributed by atoms with van der Waals surface area (Å²) in [6, 6.07) is 13.6. The second-order valence-electron chi connectivity index (χ2n) is 7.98. The van der Waals surface area contributed by atoms with Gasteiger partial charge in [0.15, 0.2) is 5.78 Å². The lowest BCUT2D eigenvalue weighted by molar-refractivity contribution is -0.163. The fourth-order valence-electron chi connectivity index (χ4n) is 3.75. The molecule has 0 aromatic heterocycles. The van der Waals surface area contributed by atoms with Crippen LogP contribution in [-0.2, 0) is 16.0 Å². The zero-order valence-electron chi connectivity index (χ0n) is 17.1. The zero-order valence-corrected chi connectivity index (χ0v) is 17.9. The minimum atomic E-state index is -0.966. The number of benzene rings is 2. The molecule has 4 heteroatoms. The van der Waals surface area contributed by atoms with Gasteiger partial charge in [0.25, 0.3) is 0 Å². The standard InChI is InChI=1S/C24H27ClO3/c1-6-15-8-9-17(16-10-12-18(25)13-11-16)14-19(15)20-21(26)23(3,4)28-24(5,7-2)22(20)27/h8-14,26H,6-7H2,1-5H3. The monoisotopic (exact) mass is 398 g/mol. The molecule has 0 aliphatic carbocycles. The second-order valence-corrected chi connectivity index (χ2v) is 8.42. The third-order valence-electron chi connectivity index (χ3n) is 5.61. The van der Waals surface area contributed by atoms with Gasteiger partial charge in [-0.05, 0) is 74.1 Å². The predicted molar refractivity (Wildman–Crippen MR) is 115 cm³/mol. The summed E-state index contributed by atoms with van der Waals surface area (Å²) in [5, 5.41) is 11.7. The Kier molecular flexibility index (Phi) is 5.44. The number of carbonyl (C=O) groups is 1. The molecule has 1 unspecified atom stereocenters. The third kappa shape index (κ3) is 3.49. The number of aliphatic hydroxyl groups excluding tert-OH is 1. The first kappa shape index (κ1) is 20.6. The van der Waals surface area contributed by atoms with Crippen LogP contribution in [0.3, 0.4) is 0 Å². The Labute approximate surface area is 172 Å². The molecule has 148 valence electrons. The Bertz CT molecular complexity index is 941. The van der Waals surface area contributed by atoms with Crippen LogP contribution in [0.25, 0.3) is 16.7 Å². The molecule has 0 bridgehead atoms. The van der Waals surface area contributed by atoms with Crippen molar-refractivity contribution in [2.75, 3.05) is 0 Å². The van der Waals surface area contributed by atoms with Crippen LogP contribution < -0.4 is 0 Å². The van der Waals surface area contributed by atoms with Gasteiger partial charge in [-0.2, -0.15) is 0 Å². The van der Waals surface area contributed by atoms with E-state index in [1.165, 1.54) is 0 Å². The smallest absolute Gasteiger partial charge is 0.198 e. The van der Waals surface area contributed by atoms with Crippen LogP contribution in [0.5, 0.6) is 0 Å². The quantitative estimate of drug-likeness (QED) is 0.649. The highest BCUT2D eigenvalue weighted by atomic mass is 35.5. The van der Waals surface area contributed by atoms with Gasteiger partial charge in [-0.25, -0.2) is 0 Å². The average Bonchev–Trinajstić information content (AvgIpc) is 2.67. The summed E-state index contributed by atoms with van der Waals surface area (Å²) < 4.78 is 6.02. The van der Waals surface area contributed by atoms with E-state index in [-0.39, 0.29) is 11.5 Å². The molecule has 0 saturated heterocycles. The summed E-state index contributed by atoms with van der Waals surface area (Å²) in [6.45, 7) is 9.39. The van der Waals surface area contributed by atoms with Crippen molar-refractivity contribution in [3.05, 3.63) is 64.4 Å². The van der Waals surface area contributed by atoms with E-state index in [0.29, 0.717) is 17.0 Å². The molecule has 1 aliphatic rings. The molecule has 1 aliphatic heterocycles. The number of Topliss-reactive ketones (excluding diaryl/α,β-unsaturated/α-hetero) is 1. The van der Waals surface area contributed by atoms with Crippen molar-refractivity contribution in [3.63, 3.8) is 0 Å². The largest absolute Gasteiger partial charge is 0.508 e. The number of hydrogen-bond donors (Lipinski definition) is 1. The van der Waals surface area contributed by atoms with Crippen LogP contribution >= 0.6 is 11.6 Å². The minimum absolute atomic E-state index is 0.00798. The zero-order chi connectivity index (χ0) is 20.7. The maximum atomic E-state index is 13.4. The Morgan fingerprint density at radius 3 is 2.18 bits per heavy atom. The minimum Gasteiger partial charge on any atom is -0.508 e. The molecule has 3 rings (SSSR count). The number of ketones is 1. The van der Waals surface area contributed by atoms with Crippen LogP contribution in [0.15, 0.2) is 48.2 Å². The van der Waals surface area contributed by atoms with Crippen molar-refractivity contribution in [3.8, 4) is 11.1 Å². The SMILES string of the molecule is CCc1ccc(-c2ccc(Cl)cc2)cc1C1=C(O)C(C)(C)OC(C)(CC)C1=O. The molecule has 0 radical (unpaired) electrons. The number of hydrogen-bond acceptors (Lipinski definition) is 3. The van der Waals surface area contributed by atoms with Crippen LogP contribution in [-0.4, -0.2) is 22.1 Å². The summed E-state index contributed by atoms with van der Waals surface area (Å²) in [5.74, 6) is -0.179. The first-order valence-electron chi connectivity index (χ1n) is 9.71. The molecule has 1 heterocycles. The Balaban J connectivity index is 2.24. The summed E-state index contributed by atoms with van der Waals surface area (Å²) >= 11 is 6.02. The summed E-state index contributed by atoms with van der Waals surface area (Å²) in [4.78, 5) is 13.4. The normalized spacial score (nSPS) is 21.9. The van der Waals surface area contributed by atoms with Crippen molar-refractivity contribution in [2.45, 2.75) is 58.7 Å². The number of halogens is 1. The summed E-state index contributed by atoms with van der Waals surface area (Å²) in [6.07, 6.45) is 1.29. The topological polar surface area (TPSA) is 46.5 Å². The van der Waals surface area contributed by atoms with Gasteiger partial charge in [0.05, 0.1) is 5.57 Å². The van der Waals surface area contributed by atoms with Crippen molar-refractivity contribution >= 4 is 23.0 Å². The van der Waals surface area contributed by atoms with Crippen LogP contribution in [0.2, 0.25) is 5.02 Å². The van der Waals surface area contributed by atoms with Gasteiger partial charge >= 0.3 is 0 Å². The van der Waals surface area contributed by atoms with Crippen molar-refractivity contribution < 1.29 is 14.6 Å². The first-order chi connectivity index (χ1) is 13.1. The first-order valence-corrected chi connectivity index (χ1v) is 10.1. The lowest BCUT2D eigenvalue weighted by Gasteiger charge is -2.42. The highest BCUT2D eigenvalue weighted by molar-refractivity contribution is 6.30. The van der Waals surface area contributed by atoms with Crippen molar-refractivity contribution in [1.82, 2.24) is 0 Å². The Morgan fingerprint density at radius 2 is 1.61 bits per heavy atom. The van der Waals surface area contributed by atoms with E-state index in [0.717, 1.165) is 28.7 Å². The van der Waals surface area contributed by atoms with Gasteiger partial charge in [-0.1, -0.05) is 49.7 Å². The summed E-state index contributed by atoms with van der Waals surface area (Å²) in [5.41, 5.74) is 2.23. The van der Waals surface area contributed by atoms with Crippen molar-refractivity contribution in [2.24, 2.45) is 0 Å². The van der Waals surface area contributed by atoms with E-state index in [1.807, 2.05) is 56.3 Å². The van der Waals surface area contributed by atoms with Crippen LogP contribution in [0.1, 0.15) is 52.2 Å². The molecule has 1 atom stereocenters. The highest BCUT2D eigenvalue weighted by Gasteiger charge is 2.48. The molecule has 0 fully saturated rings. The van der Waals surface area contributed by atoms with E-state index >= 15 is 0 Å². The van der Waals surface area contributed by atoms with E-state index in [4.69, 9.17) is 16.3 Å². The number of ether oxygens (including phenoxy) is 1. The van der Waals surface area contributed by atoms with Gasteiger partial charge in [-0.15, -0.1) is 0 Å². The molecule has 2 aromatic rings. The number of aryl methyl sites for hydroxylation is 1. The maximum Gasteiger partial charge on any atom is 0.198 e. The van der Waals surface area contributed by atoms with Crippen molar-refractivity contribution in [1.29, 1.82) is 0 Å². The lowest BCUT2D eigenvalue weighted by atomic mass is 9.79. The Hall–Kier alpha value is -2.10. The van der Waals surface area contributed by atoms with Gasteiger partial charge in [0.1, 0.15) is 17.0 Å². The molecule has 3 nitrogen and oxygen atoms in total. The highest BCUT2D eigenvalue weighted by Crippen LogP contribution is 2.43. The fraction of sp³-hybridized carbons (Fsp3) is 0.375. The van der Waals surface area contributed by atoms with Gasteiger partial charge in [0, 0.05) is 5.02 Å². The van der Waals surface area contributed by atoms with E-state index in [1.54, 1.807) is 20.8 Å². The molecule has 0 spiro atoms. The van der Waals surface area contributed by atoms with Gasteiger partial charge in [0.2, 0.25) is 0 Å². The maximum absolute atomic E-state index is 13.4. The predicted octanol–water partition coefficient (Wildman–Crippen LogP) is 6.39. The molecule has 2 aromatic carbocycles. The number of aliphatic hydroxyl groups is 1. The molecule has 0 saturated carbocycles. The number of carbonyl (C=O) groups excluding carboxylic acids is 1. The lowest BCUT2D eigenvalue weighted by Crippen LogP contribution is -2.51. The van der Waals surface area contributed by atoms with E-state index in [2.05, 4.69) is 0 Å². The number of rotatable bonds is 4. The van der Waals surface area contributed by atoms with Crippen LogP contribution in [0, 0.1) is 0 Å². The summed E-state index contributed by atoms with van der Waals surface area (Å²) in [7, 11) is 0. The molecular formula is C24H27ClO3. The Morgan fingerprint density at radius 1 is 1.00 bits per heavy atom.